The first-order valence-corrected chi connectivity index (χ1v) is 14.1. The molecule has 202 valence electrons. The second-order valence-electron chi connectivity index (χ2n) is 8.70. The quantitative estimate of drug-likeness (QED) is 0.440. The Kier molecular flexibility index (Phi) is 9.62. The molecule has 2 aliphatic rings. The Hall–Kier alpha value is -2.86. The smallest absolute Gasteiger partial charge is 0.243 e. The molecule has 2 aliphatic heterocycles. The zero-order valence-corrected chi connectivity index (χ0v) is 22.0. The highest BCUT2D eigenvalue weighted by molar-refractivity contribution is 7.89. The third kappa shape index (κ3) is 7.35. The van der Waals surface area contributed by atoms with E-state index in [4.69, 9.17) is 18.9 Å². The van der Waals surface area contributed by atoms with E-state index in [1.54, 1.807) is 18.2 Å². The number of ether oxygens (including phenoxy) is 4. The predicted octanol–water partition coefficient (Wildman–Crippen LogP) is 2.74. The van der Waals surface area contributed by atoms with Gasteiger partial charge in [-0.3, -0.25) is 4.79 Å². The van der Waals surface area contributed by atoms with Crippen LogP contribution in [0.2, 0.25) is 0 Å². The molecule has 37 heavy (non-hydrogen) atoms. The van der Waals surface area contributed by atoms with Gasteiger partial charge >= 0.3 is 0 Å². The Morgan fingerprint density at radius 2 is 1.54 bits per heavy atom. The first-order chi connectivity index (χ1) is 18.0. The Labute approximate surface area is 218 Å². The molecule has 0 radical (unpaired) electrons. The Morgan fingerprint density at radius 3 is 2.19 bits per heavy atom. The lowest BCUT2D eigenvalue weighted by atomic mass is 10.2. The number of nitrogens with one attached hydrogen (secondary N) is 1. The molecule has 1 amide bonds. The minimum absolute atomic E-state index is 0.153. The van der Waals surface area contributed by atoms with E-state index in [2.05, 4.69) is 10.2 Å². The summed E-state index contributed by atoms with van der Waals surface area (Å²) in [6.45, 7) is 6.73. The van der Waals surface area contributed by atoms with Crippen molar-refractivity contribution in [2.45, 2.75) is 24.7 Å². The molecule has 2 aromatic rings. The van der Waals surface area contributed by atoms with Crippen LogP contribution in [0.15, 0.2) is 47.4 Å². The molecule has 0 saturated carbocycles. The Bertz CT molecular complexity index is 1130. The molecule has 0 atom stereocenters. The second-order valence-corrected chi connectivity index (χ2v) is 10.6. The van der Waals surface area contributed by atoms with Gasteiger partial charge in [-0.25, -0.2) is 8.42 Å². The van der Waals surface area contributed by atoms with E-state index >= 15 is 0 Å². The van der Waals surface area contributed by atoms with Crippen molar-refractivity contribution in [3.63, 3.8) is 0 Å². The number of nitrogens with zero attached hydrogens (tertiary/aromatic N) is 2. The molecule has 11 heteroatoms. The SMILES string of the molecule is CCOc1ccc(OCCCC(=O)Nc2cc(S(=O)(=O)N3CCOCC3)ccc2N2CCOCC2)cc1. The fourth-order valence-corrected chi connectivity index (χ4v) is 5.66. The summed E-state index contributed by atoms with van der Waals surface area (Å²) >= 11 is 0. The summed E-state index contributed by atoms with van der Waals surface area (Å²) in [5.41, 5.74) is 1.26. The summed E-state index contributed by atoms with van der Waals surface area (Å²) < 4.78 is 49.8. The number of anilines is 2. The number of amides is 1. The van der Waals surface area contributed by atoms with Crippen LogP contribution in [-0.4, -0.2) is 84.5 Å². The molecular weight excluding hydrogens is 498 g/mol. The highest BCUT2D eigenvalue weighted by atomic mass is 32.2. The number of morpholine rings is 2. The van der Waals surface area contributed by atoms with E-state index in [1.807, 2.05) is 31.2 Å². The van der Waals surface area contributed by atoms with Gasteiger partial charge in [0.2, 0.25) is 15.9 Å². The largest absolute Gasteiger partial charge is 0.494 e. The average molecular weight is 534 g/mol. The number of benzene rings is 2. The van der Waals surface area contributed by atoms with Gasteiger partial charge in [-0.05, 0) is 55.8 Å². The molecule has 2 aromatic carbocycles. The van der Waals surface area contributed by atoms with Gasteiger partial charge in [0.1, 0.15) is 11.5 Å². The van der Waals surface area contributed by atoms with Crippen LogP contribution in [-0.2, 0) is 24.3 Å². The maximum Gasteiger partial charge on any atom is 0.243 e. The number of rotatable bonds is 11. The lowest BCUT2D eigenvalue weighted by Gasteiger charge is -2.31. The van der Waals surface area contributed by atoms with Crippen molar-refractivity contribution in [3.05, 3.63) is 42.5 Å². The highest BCUT2D eigenvalue weighted by Crippen LogP contribution is 2.31. The molecule has 2 heterocycles. The van der Waals surface area contributed by atoms with Crippen molar-refractivity contribution in [1.29, 1.82) is 0 Å². The van der Waals surface area contributed by atoms with E-state index in [0.717, 1.165) is 11.4 Å². The molecule has 0 aromatic heterocycles. The van der Waals surface area contributed by atoms with E-state index in [0.29, 0.717) is 83.7 Å². The van der Waals surface area contributed by atoms with E-state index in [9.17, 15) is 13.2 Å². The van der Waals surface area contributed by atoms with Crippen LogP contribution in [0.4, 0.5) is 11.4 Å². The standard InChI is InChI=1S/C26H35N3O7S/c1-2-35-21-5-7-22(8-6-21)36-15-3-4-26(30)27-24-20-23(37(31,32)29-13-18-34-19-14-29)9-10-25(24)28-11-16-33-17-12-28/h5-10,20H,2-4,11-19H2,1H3,(H,27,30). The third-order valence-electron chi connectivity index (χ3n) is 6.15. The molecule has 0 unspecified atom stereocenters. The first-order valence-electron chi connectivity index (χ1n) is 12.7. The molecule has 0 bridgehead atoms. The number of hydrogen-bond donors (Lipinski definition) is 1. The van der Waals surface area contributed by atoms with Crippen LogP contribution < -0.4 is 19.7 Å². The summed E-state index contributed by atoms with van der Waals surface area (Å²) in [5, 5.41) is 2.94. The van der Waals surface area contributed by atoms with Gasteiger partial charge in [-0.2, -0.15) is 4.31 Å². The van der Waals surface area contributed by atoms with Crippen molar-refractivity contribution in [1.82, 2.24) is 4.31 Å². The van der Waals surface area contributed by atoms with Gasteiger partial charge in [0, 0.05) is 32.6 Å². The molecule has 0 aliphatic carbocycles. The molecule has 1 N–H and O–H groups in total. The van der Waals surface area contributed by atoms with Gasteiger partial charge in [0.05, 0.1) is 55.9 Å². The summed E-state index contributed by atoms with van der Waals surface area (Å²) in [6.07, 6.45) is 0.748. The van der Waals surface area contributed by atoms with Crippen LogP contribution in [0.3, 0.4) is 0 Å². The summed E-state index contributed by atoms with van der Waals surface area (Å²) in [6, 6.07) is 12.3. The van der Waals surface area contributed by atoms with Crippen LogP contribution in [0, 0.1) is 0 Å². The van der Waals surface area contributed by atoms with Gasteiger partial charge in [-0.15, -0.1) is 0 Å². The van der Waals surface area contributed by atoms with Crippen molar-refractivity contribution in [2.75, 3.05) is 76.0 Å². The minimum Gasteiger partial charge on any atom is -0.494 e. The lowest BCUT2D eigenvalue weighted by molar-refractivity contribution is -0.116. The van der Waals surface area contributed by atoms with Crippen molar-refractivity contribution < 1.29 is 32.2 Å². The maximum atomic E-state index is 13.2. The number of carbonyl (C=O) groups is 1. The van der Waals surface area contributed by atoms with Gasteiger partial charge in [-0.1, -0.05) is 0 Å². The average Bonchev–Trinajstić information content (AvgIpc) is 2.93. The van der Waals surface area contributed by atoms with E-state index in [1.165, 1.54) is 4.31 Å². The van der Waals surface area contributed by atoms with Crippen molar-refractivity contribution in [2.24, 2.45) is 0 Å². The number of carbonyl (C=O) groups excluding carboxylic acids is 1. The van der Waals surface area contributed by atoms with Crippen LogP contribution in [0.1, 0.15) is 19.8 Å². The Morgan fingerprint density at radius 1 is 0.919 bits per heavy atom. The van der Waals surface area contributed by atoms with Gasteiger partial charge in [0.15, 0.2) is 0 Å². The van der Waals surface area contributed by atoms with Crippen LogP contribution >= 0.6 is 0 Å². The van der Waals surface area contributed by atoms with Crippen LogP contribution in [0.5, 0.6) is 11.5 Å². The first kappa shape index (κ1) is 27.2. The van der Waals surface area contributed by atoms with Crippen LogP contribution in [0.25, 0.3) is 0 Å². The van der Waals surface area contributed by atoms with E-state index in [-0.39, 0.29) is 17.2 Å². The molecular formula is C26H35N3O7S. The number of sulfonamides is 1. The topological polar surface area (TPSA) is 107 Å². The van der Waals surface area contributed by atoms with Gasteiger partial charge in [0.25, 0.3) is 0 Å². The second kappa shape index (κ2) is 13.1. The maximum absolute atomic E-state index is 13.2. The number of hydrogen-bond acceptors (Lipinski definition) is 8. The predicted molar refractivity (Wildman–Crippen MR) is 140 cm³/mol. The summed E-state index contributed by atoms with van der Waals surface area (Å²) in [7, 11) is -3.70. The zero-order chi connectivity index (χ0) is 26.1. The highest BCUT2D eigenvalue weighted by Gasteiger charge is 2.28. The molecule has 0 spiro atoms. The minimum atomic E-state index is -3.70. The zero-order valence-electron chi connectivity index (χ0n) is 21.2. The van der Waals surface area contributed by atoms with Crippen molar-refractivity contribution >= 4 is 27.3 Å². The molecule has 2 fully saturated rings. The summed E-state index contributed by atoms with van der Waals surface area (Å²) in [5.74, 6) is 1.29. The molecule has 10 nitrogen and oxygen atoms in total. The fourth-order valence-electron chi connectivity index (χ4n) is 4.23. The van der Waals surface area contributed by atoms with E-state index < -0.39 is 10.0 Å². The fraction of sp³-hybridized carbons (Fsp3) is 0.500. The van der Waals surface area contributed by atoms with Gasteiger partial charge < -0.3 is 29.2 Å². The normalized spacial score (nSPS) is 16.8. The third-order valence-corrected chi connectivity index (χ3v) is 8.05. The lowest BCUT2D eigenvalue weighted by Crippen LogP contribution is -2.40. The van der Waals surface area contributed by atoms with Crippen molar-refractivity contribution in [3.8, 4) is 11.5 Å². The Balaban J connectivity index is 1.40. The molecule has 4 rings (SSSR count). The molecule has 2 saturated heterocycles. The summed E-state index contributed by atoms with van der Waals surface area (Å²) in [4.78, 5) is 15.1. The monoisotopic (exact) mass is 533 g/mol.